The fraction of sp³-hybridized carbons (Fsp3) is 0.800. The van der Waals surface area contributed by atoms with Gasteiger partial charge in [0.15, 0.2) is 5.78 Å². The van der Waals surface area contributed by atoms with Gasteiger partial charge in [0.2, 0.25) is 0 Å². The minimum atomic E-state index is -0.877. The first kappa shape index (κ1) is 11.6. The zero-order chi connectivity index (χ0) is 11.1. The number of ketones is 1. The Balaban J connectivity index is 2.29. The van der Waals surface area contributed by atoms with Crippen molar-refractivity contribution < 1.29 is 14.3 Å². The summed E-state index contributed by atoms with van der Waals surface area (Å²) in [6.07, 6.45) is 2.32. The molecule has 5 heteroatoms. The lowest BCUT2D eigenvalue weighted by atomic mass is 9.71. The number of hydrogen-bond donors (Lipinski definition) is 0. The fourth-order valence-corrected chi connectivity index (χ4v) is 3.98. The molecule has 1 aliphatic carbocycles. The molecule has 2 aliphatic rings. The molecule has 2 fully saturated rings. The molecule has 1 aliphatic heterocycles. The third-order valence-corrected chi connectivity index (χ3v) is 5.41. The van der Waals surface area contributed by atoms with Gasteiger partial charge in [-0.15, -0.1) is 11.6 Å². The van der Waals surface area contributed by atoms with Crippen molar-refractivity contribution in [3.8, 4) is 0 Å². The Hall–Kier alpha value is 0.160. The van der Waals surface area contributed by atoms with Crippen LogP contribution in [0.3, 0.4) is 0 Å². The first-order valence-corrected chi connectivity index (χ1v) is 6.85. The number of carbonyl (C=O) groups is 2. The van der Waals surface area contributed by atoms with E-state index in [-0.39, 0.29) is 21.8 Å². The van der Waals surface area contributed by atoms with Crippen molar-refractivity contribution in [2.24, 2.45) is 5.41 Å². The molecule has 0 spiro atoms. The molecule has 0 unspecified atom stereocenters. The Morgan fingerprint density at radius 1 is 1.53 bits per heavy atom. The van der Waals surface area contributed by atoms with Crippen LogP contribution in [0.15, 0.2) is 0 Å². The molecule has 1 saturated heterocycles. The SMILES string of the molecule is O=C1CC[C@@H]2OC(=O)[C@@]1(CCCCl)[C@H]2I. The van der Waals surface area contributed by atoms with Gasteiger partial charge in [-0.05, 0) is 19.3 Å². The van der Waals surface area contributed by atoms with Crippen LogP contribution in [0.5, 0.6) is 0 Å². The van der Waals surface area contributed by atoms with Crippen LogP contribution in [0.25, 0.3) is 0 Å². The number of Topliss-reactive ketones (excluding diaryl/α,β-unsaturated/α-hetero) is 1. The van der Waals surface area contributed by atoms with Crippen LogP contribution in [0.2, 0.25) is 0 Å². The number of fused-ring (bicyclic) bond motifs is 2. The molecule has 0 aromatic heterocycles. The summed E-state index contributed by atoms with van der Waals surface area (Å²) in [7, 11) is 0. The molecule has 1 saturated carbocycles. The third kappa shape index (κ3) is 1.60. The standard InChI is InChI=1S/C10H12ClIO3/c11-5-1-4-10-7(13)3-2-6(8(10)12)15-9(10)14/h6,8H,1-5H2/t6-,8-,10+/m0/s1. The first-order valence-electron chi connectivity index (χ1n) is 5.07. The van der Waals surface area contributed by atoms with Crippen LogP contribution in [-0.4, -0.2) is 27.7 Å². The molecule has 0 aromatic carbocycles. The van der Waals surface area contributed by atoms with Gasteiger partial charge >= 0.3 is 5.97 Å². The summed E-state index contributed by atoms with van der Waals surface area (Å²) in [5.74, 6) is 0.210. The van der Waals surface area contributed by atoms with Crippen molar-refractivity contribution >= 4 is 45.9 Å². The van der Waals surface area contributed by atoms with E-state index < -0.39 is 5.41 Å². The molecule has 84 valence electrons. The van der Waals surface area contributed by atoms with Gasteiger partial charge in [0, 0.05) is 12.3 Å². The fourth-order valence-electron chi connectivity index (χ4n) is 2.43. The summed E-state index contributed by atoms with van der Waals surface area (Å²) in [5.41, 5.74) is -0.877. The highest BCUT2D eigenvalue weighted by Crippen LogP contribution is 2.49. The highest BCUT2D eigenvalue weighted by Gasteiger charge is 2.62. The Morgan fingerprint density at radius 2 is 2.27 bits per heavy atom. The smallest absolute Gasteiger partial charge is 0.321 e. The van der Waals surface area contributed by atoms with Gasteiger partial charge in [0.05, 0.1) is 3.92 Å². The van der Waals surface area contributed by atoms with Gasteiger partial charge in [-0.3, -0.25) is 9.59 Å². The zero-order valence-corrected chi connectivity index (χ0v) is 11.1. The Bertz CT molecular complexity index is 297. The maximum absolute atomic E-state index is 12.0. The Morgan fingerprint density at radius 3 is 2.93 bits per heavy atom. The number of alkyl halides is 2. The molecule has 15 heavy (non-hydrogen) atoms. The quantitative estimate of drug-likeness (QED) is 0.341. The summed E-state index contributed by atoms with van der Waals surface area (Å²) in [5, 5.41) is 0. The van der Waals surface area contributed by atoms with Crippen molar-refractivity contribution in [3.63, 3.8) is 0 Å². The van der Waals surface area contributed by atoms with Crippen molar-refractivity contribution in [2.75, 3.05) is 5.88 Å². The number of hydrogen-bond acceptors (Lipinski definition) is 3. The highest BCUT2D eigenvalue weighted by molar-refractivity contribution is 14.1. The summed E-state index contributed by atoms with van der Waals surface area (Å²) in [6.45, 7) is 0. The van der Waals surface area contributed by atoms with Crippen molar-refractivity contribution in [2.45, 2.75) is 35.7 Å². The van der Waals surface area contributed by atoms with Gasteiger partial charge in [-0.25, -0.2) is 0 Å². The van der Waals surface area contributed by atoms with Crippen LogP contribution in [0.4, 0.5) is 0 Å². The van der Waals surface area contributed by atoms with E-state index in [1.165, 1.54) is 0 Å². The summed E-state index contributed by atoms with van der Waals surface area (Å²) in [4.78, 5) is 23.8. The van der Waals surface area contributed by atoms with Gasteiger partial charge in [0.25, 0.3) is 0 Å². The topological polar surface area (TPSA) is 43.4 Å². The van der Waals surface area contributed by atoms with Crippen molar-refractivity contribution in [3.05, 3.63) is 0 Å². The molecule has 3 atom stereocenters. The van der Waals surface area contributed by atoms with Gasteiger partial charge < -0.3 is 4.74 Å². The van der Waals surface area contributed by atoms with E-state index in [1.54, 1.807) is 0 Å². The third-order valence-electron chi connectivity index (χ3n) is 3.28. The average Bonchev–Trinajstić information content (AvgIpc) is 2.37. The van der Waals surface area contributed by atoms with Crippen LogP contribution >= 0.6 is 34.2 Å². The Kier molecular flexibility index (Phi) is 3.26. The number of esters is 1. The lowest BCUT2D eigenvalue weighted by Gasteiger charge is -2.31. The normalized spacial score (nSPS) is 39.3. The first-order chi connectivity index (χ1) is 7.13. The second-order valence-corrected chi connectivity index (χ2v) is 5.79. The second kappa shape index (κ2) is 4.20. The predicted molar refractivity (Wildman–Crippen MR) is 64.3 cm³/mol. The summed E-state index contributed by atoms with van der Waals surface area (Å²) < 4.78 is 5.25. The molecule has 0 aromatic rings. The Labute approximate surface area is 107 Å². The molecular formula is C10H12ClIO3. The summed E-state index contributed by atoms with van der Waals surface area (Å²) >= 11 is 7.82. The monoisotopic (exact) mass is 342 g/mol. The van der Waals surface area contributed by atoms with E-state index in [0.29, 0.717) is 31.6 Å². The predicted octanol–water partition coefficient (Wildman–Crippen LogP) is 2.08. The molecular weight excluding hydrogens is 330 g/mol. The molecule has 3 nitrogen and oxygen atoms in total. The van der Waals surface area contributed by atoms with Gasteiger partial charge in [-0.1, -0.05) is 22.6 Å². The van der Waals surface area contributed by atoms with E-state index in [9.17, 15) is 9.59 Å². The summed E-state index contributed by atoms with van der Waals surface area (Å²) in [6, 6.07) is 0. The molecule has 0 N–H and O–H groups in total. The van der Waals surface area contributed by atoms with Crippen LogP contribution < -0.4 is 0 Å². The van der Waals surface area contributed by atoms with Crippen LogP contribution in [0, 0.1) is 5.41 Å². The van der Waals surface area contributed by atoms with Crippen LogP contribution in [0.1, 0.15) is 25.7 Å². The van der Waals surface area contributed by atoms with Crippen molar-refractivity contribution in [1.82, 2.24) is 0 Å². The minimum absolute atomic E-state index is 0.00735. The minimum Gasteiger partial charge on any atom is -0.460 e. The zero-order valence-electron chi connectivity index (χ0n) is 8.17. The number of halogens is 2. The van der Waals surface area contributed by atoms with Gasteiger partial charge in [-0.2, -0.15) is 0 Å². The van der Waals surface area contributed by atoms with E-state index in [1.807, 2.05) is 0 Å². The molecule has 2 bridgehead atoms. The molecule has 2 rings (SSSR count). The molecule has 1 heterocycles. The van der Waals surface area contributed by atoms with Crippen LogP contribution in [-0.2, 0) is 14.3 Å². The maximum Gasteiger partial charge on any atom is 0.321 e. The van der Waals surface area contributed by atoms with Gasteiger partial charge in [0.1, 0.15) is 11.5 Å². The largest absolute Gasteiger partial charge is 0.460 e. The molecule has 0 radical (unpaired) electrons. The van der Waals surface area contributed by atoms with E-state index in [2.05, 4.69) is 22.6 Å². The maximum atomic E-state index is 12.0. The lowest BCUT2D eigenvalue weighted by Crippen LogP contribution is -2.46. The highest BCUT2D eigenvalue weighted by atomic mass is 127. The lowest BCUT2D eigenvalue weighted by molar-refractivity contribution is -0.151. The van der Waals surface area contributed by atoms with E-state index >= 15 is 0 Å². The van der Waals surface area contributed by atoms with E-state index in [0.717, 1.165) is 0 Å². The number of ether oxygens (including phenoxy) is 1. The molecule has 0 amide bonds. The second-order valence-electron chi connectivity index (χ2n) is 4.07. The van der Waals surface area contributed by atoms with Crippen molar-refractivity contribution in [1.29, 1.82) is 0 Å². The average molecular weight is 343 g/mol. The number of rotatable bonds is 3. The number of carbonyl (C=O) groups excluding carboxylic acids is 2. The van der Waals surface area contributed by atoms with E-state index in [4.69, 9.17) is 16.3 Å².